The minimum absolute atomic E-state index is 0.343. The molecule has 0 spiro atoms. The summed E-state index contributed by atoms with van der Waals surface area (Å²) in [6, 6.07) is 10.6. The molecule has 1 fully saturated rings. The van der Waals surface area contributed by atoms with Crippen molar-refractivity contribution in [2.24, 2.45) is 0 Å². The summed E-state index contributed by atoms with van der Waals surface area (Å²) in [5.41, 5.74) is 4.81. The van der Waals surface area contributed by atoms with E-state index in [2.05, 4.69) is 64.0 Å². The van der Waals surface area contributed by atoms with E-state index in [9.17, 15) is 0 Å². The largest absolute Gasteiger partial charge is 0.325 e. The number of nitrogens with one attached hydrogen (secondary N) is 1. The Balaban J connectivity index is 1.52. The number of likely N-dealkylation sites (tertiary alicyclic amines) is 1. The third-order valence-electron chi connectivity index (χ3n) is 5.61. The molecule has 6 heteroatoms. The lowest BCUT2D eigenvalue weighted by atomic mass is 10.1. The molecule has 146 valence electrons. The number of anilines is 2. The molecule has 0 aliphatic carbocycles. The van der Waals surface area contributed by atoms with Crippen molar-refractivity contribution in [1.82, 2.24) is 24.6 Å². The predicted molar refractivity (Wildman–Crippen MR) is 112 cm³/mol. The highest BCUT2D eigenvalue weighted by Gasteiger charge is 2.28. The first-order valence-corrected chi connectivity index (χ1v) is 10.1. The molecule has 0 aromatic carbocycles. The maximum Gasteiger partial charge on any atom is 0.134 e. The second-order valence-corrected chi connectivity index (χ2v) is 7.44. The van der Waals surface area contributed by atoms with Crippen molar-refractivity contribution >= 4 is 11.6 Å². The summed E-state index contributed by atoms with van der Waals surface area (Å²) in [5.74, 6) is 1.71. The molecule has 4 rings (SSSR count). The standard InChI is InChI=1S/C22H28N6/c1-4-28-17(3)18(14-24-28)15-27-13-7-10-20(27)19-9-5-11-21(25-19)26-22-16(2)8-6-12-23-22/h5-6,8-9,11-12,14,20H,4,7,10,13,15H2,1-3H3,(H,23,25,26). The van der Waals surface area contributed by atoms with Crippen LogP contribution in [-0.4, -0.2) is 31.2 Å². The van der Waals surface area contributed by atoms with Gasteiger partial charge in [-0.3, -0.25) is 9.58 Å². The minimum atomic E-state index is 0.343. The van der Waals surface area contributed by atoms with Crippen LogP contribution in [-0.2, 0) is 13.1 Å². The summed E-state index contributed by atoms with van der Waals surface area (Å²) in [4.78, 5) is 11.9. The lowest BCUT2D eigenvalue weighted by Gasteiger charge is -2.24. The van der Waals surface area contributed by atoms with Gasteiger partial charge in [0.2, 0.25) is 0 Å². The van der Waals surface area contributed by atoms with Crippen LogP contribution < -0.4 is 5.32 Å². The Hall–Kier alpha value is -2.73. The van der Waals surface area contributed by atoms with Crippen LogP contribution >= 0.6 is 0 Å². The summed E-state index contributed by atoms with van der Waals surface area (Å²) in [6.07, 6.45) is 6.16. The van der Waals surface area contributed by atoms with Crippen molar-refractivity contribution < 1.29 is 0 Å². The number of aryl methyl sites for hydroxylation is 2. The Kier molecular flexibility index (Phi) is 5.39. The number of hydrogen-bond acceptors (Lipinski definition) is 5. The molecule has 1 aliphatic heterocycles. The number of hydrogen-bond donors (Lipinski definition) is 1. The van der Waals surface area contributed by atoms with Gasteiger partial charge in [-0.2, -0.15) is 5.10 Å². The third-order valence-corrected chi connectivity index (χ3v) is 5.61. The smallest absolute Gasteiger partial charge is 0.134 e. The van der Waals surface area contributed by atoms with E-state index in [0.29, 0.717) is 6.04 Å². The zero-order valence-corrected chi connectivity index (χ0v) is 16.9. The van der Waals surface area contributed by atoms with Gasteiger partial charge in [-0.05, 0) is 63.9 Å². The van der Waals surface area contributed by atoms with Gasteiger partial charge in [0.25, 0.3) is 0 Å². The second kappa shape index (κ2) is 8.10. The van der Waals surface area contributed by atoms with E-state index >= 15 is 0 Å². The molecular formula is C22H28N6. The molecular weight excluding hydrogens is 348 g/mol. The normalized spacial score (nSPS) is 17.2. The first kappa shape index (κ1) is 18.6. The van der Waals surface area contributed by atoms with Gasteiger partial charge in [0.15, 0.2) is 0 Å². The molecule has 1 aliphatic rings. The second-order valence-electron chi connectivity index (χ2n) is 7.44. The van der Waals surface area contributed by atoms with Crippen molar-refractivity contribution in [3.63, 3.8) is 0 Å². The van der Waals surface area contributed by atoms with Gasteiger partial charge in [-0.15, -0.1) is 0 Å². The van der Waals surface area contributed by atoms with Crippen LogP contribution in [0.3, 0.4) is 0 Å². The monoisotopic (exact) mass is 376 g/mol. The lowest BCUT2D eigenvalue weighted by molar-refractivity contribution is 0.244. The quantitative estimate of drug-likeness (QED) is 0.691. The topological polar surface area (TPSA) is 58.9 Å². The fourth-order valence-electron chi connectivity index (χ4n) is 3.97. The molecule has 4 heterocycles. The maximum absolute atomic E-state index is 4.91. The van der Waals surface area contributed by atoms with E-state index in [0.717, 1.165) is 48.9 Å². The highest BCUT2D eigenvalue weighted by atomic mass is 15.3. The van der Waals surface area contributed by atoms with Crippen LogP contribution in [0, 0.1) is 13.8 Å². The van der Waals surface area contributed by atoms with E-state index < -0.39 is 0 Å². The highest BCUT2D eigenvalue weighted by Crippen LogP contribution is 2.33. The molecule has 1 saturated heterocycles. The molecule has 3 aromatic heterocycles. The van der Waals surface area contributed by atoms with Gasteiger partial charge >= 0.3 is 0 Å². The summed E-state index contributed by atoms with van der Waals surface area (Å²) < 4.78 is 2.07. The molecule has 3 aromatic rings. The van der Waals surface area contributed by atoms with Crippen LogP contribution in [0.5, 0.6) is 0 Å². The number of aromatic nitrogens is 4. The minimum Gasteiger partial charge on any atom is -0.325 e. The molecule has 1 unspecified atom stereocenters. The zero-order chi connectivity index (χ0) is 19.5. The summed E-state index contributed by atoms with van der Waals surface area (Å²) in [5, 5.41) is 7.87. The number of pyridine rings is 2. The van der Waals surface area contributed by atoms with E-state index in [1.807, 2.05) is 18.3 Å². The van der Waals surface area contributed by atoms with Crippen molar-refractivity contribution in [3.8, 4) is 0 Å². The average Bonchev–Trinajstić information content (AvgIpc) is 3.31. The molecule has 1 N–H and O–H groups in total. The molecule has 1 atom stereocenters. The molecule has 28 heavy (non-hydrogen) atoms. The Morgan fingerprint density at radius 2 is 2.07 bits per heavy atom. The Morgan fingerprint density at radius 1 is 1.18 bits per heavy atom. The predicted octanol–water partition coefficient (Wildman–Crippen LogP) is 4.39. The lowest BCUT2D eigenvalue weighted by Crippen LogP contribution is -2.24. The SMILES string of the molecule is CCn1ncc(CN2CCCC2c2cccc(Nc3ncccc3C)n2)c1C. The molecule has 0 saturated carbocycles. The molecule has 0 bridgehead atoms. The van der Waals surface area contributed by atoms with Crippen LogP contribution in [0.1, 0.15) is 48.3 Å². The third kappa shape index (κ3) is 3.78. The van der Waals surface area contributed by atoms with Crippen LogP contribution in [0.15, 0.2) is 42.7 Å². The average molecular weight is 377 g/mol. The zero-order valence-electron chi connectivity index (χ0n) is 16.9. The first-order valence-electron chi connectivity index (χ1n) is 10.1. The molecule has 0 amide bonds. The summed E-state index contributed by atoms with van der Waals surface area (Å²) in [6.45, 7) is 9.28. The fourth-order valence-corrected chi connectivity index (χ4v) is 3.97. The van der Waals surface area contributed by atoms with Gasteiger partial charge in [0, 0.05) is 30.5 Å². The molecule has 6 nitrogen and oxygen atoms in total. The Bertz CT molecular complexity index is 948. The summed E-state index contributed by atoms with van der Waals surface area (Å²) >= 11 is 0. The van der Waals surface area contributed by atoms with Gasteiger partial charge in [-0.1, -0.05) is 12.1 Å². The fraction of sp³-hybridized carbons (Fsp3) is 0.409. The van der Waals surface area contributed by atoms with Gasteiger partial charge in [-0.25, -0.2) is 9.97 Å². The van der Waals surface area contributed by atoms with Crippen molar-refractivity contribution in [3.05, 3.63) is 65.2 Å². The van der Waals surface area contributed by atoms with Crippen LogP contribution in [0.25, 0.3) is 0 Å². The van der Waals surface area contributed by atoms with E-state index in [1.54, 1.807) is 6.20 Å². The van der Waals surface area contributed by atoms with E-state index in [4.69, 9.17) is 4.98 Å². The molecule has 0 radical (unpaired) electrons. The Labute approximate surface area is 166 Å². The highest BCUT2D eigenvalue weighted by molar-refractivity contribution is 5.55. The maximum atomic E-state index is 4.91. The van der Waals surface area contributed by atoms with Crippen molar-refractivity contribution in [2.75, 3.05) is 11.9 Å². The summed E-state index contributed by atoms with van der Waals surface area (Å²) in [7, 11) is 0. The van der Waals surface area contributed by atoms with E-state index in [1.165, 1.54) is 17.7 Å². The van der Waals surface area contributed by atoms with Crippen molar-refractivity contribution in [1.29, 1.82) is 0 Å². The van der Waals surface area contributed by atoms with Crippen molar-refractivity contribution in [2.45, 2.75) is 52.7 Å². The first-order chi connectivity index (χ1) is 13.7. The number of nitrogens with zero attached hydrogens (tertiary/aromatic N) is 5. The van der Waals surface area contributed by atoms with Gasteiger partial charge in [0.1, 0.15) is 11.6 Å². The van der Waals surface area contributed by atoms with Crippen LogP contribution in [0.4, 0.5) is 11.6 Å². The Morgan fingerprint density at radius 3 is 2.86 bits per heavy atom. The van der Waals surface area contributed by atoms with Crippen LogP contribution in [0.2, 0.25) is 0 Å². The number of rotatable bonds is 6. The van der Waals surface area contributed by atoms with Gasteiger partial charge < -0.3 is 5.32 Å². The van der Waals surface area contributed by atoms with E-state index in [-0.39, 0.29) is 0 Å². The van der Waals surface area contributed by atoms with Gasteiger partial charge in [0.05, 0.1) is 17.9 Å².